The number of nitrogens with zero attached hydrogens (tertiary/aromatic N) is 2. The van der Waals surface area contributed by atoms with Crippen LogP contribution in [0.4, 0.5) is 5.69 Å². The second-order valence-electron chi connectivity index (χ2n) is 10.3. The molecule has 1 N–H and O–H groups in total. The van der Waals surface area contributed by atoms with Gasteiger partial charge >= 0.3 is 0 Å². The first kappa shape index (κ1) is 32.2. The van der Waals surface area contributed by atoms with E-state index in [0.29, 0.717) is 29.2 Å². The number of amides is 2. The predicted octanol–water partition coefficient (Wildman–Crippen LogP) is 5.67. The van der Waals surface area contributed by atoms with Gasteiger partial charge < -0.3 is 10.2 Å². The maximum atomic E-state index is 13.9. The molecule has 3 aromatic rings. The first-order valence-corrected chi connectivity index (χ1v) is 16.1. The van der Waals surface area contributed by atoms with Gasteiger partial charge in [0.2, 0.25) is 21.8 Å². The van der Waals surface area contributed by atoms with Crippen molar-refractivity contribution in [1.82, 2.24) is 10.2 Å². The van der Waals surface area contributed by atoms with E-state index in [9.17, 15) is 18.0 Å². The molecule has 3 rings (SSSR count). The highest BCUT2D eigenvalue weighted by molar-refractivity contribution is 7.92. The molecule has 0 saturated heterocycles. The number of halogens is 1. The fourth-order valence-corrected chi connectivity index (χ4v) is 5.93. The van der Waals surface area contributed by atoms with Crippen LogP contribution in [0.2, 0.25) is 5.02 Å². The summed E-state index contributed by atoms with van der Waals surface area (Å²) in [6.07, 6.45) is 2.64. The molecule has 1 atom stereocenters. The number of hydrogen-bond acceptors (Lipinski definition) is 4. The van der Waals surface area contributed by atoms with Crippen molar-refractivity contribution in [3.63, 3.8) is 0 Å². The summed E-state index contributed by atoms with van der Waals surface area (Å²) >= 11 is 6.27. The van der Waals surface area contributed by atoms with E-state index in [0.717, 1.165) is 29.4 Å². The van der Waals surface area contributed by atoms with Crippen molar-refractivity contribution < 1.29 is 18.0 Å². The van der Waals surface area contributed by atoms with E-state index in [2.05, 4.69) is 5.32 Å². The van der Waals surface area contributed by atoms with E-state index >= 15 is 0 Å². The maximum absolute atomic E-state index is 13.9. The van der Waals surface area contributed by atoms with Crippen molar-refractivity contribution in [3.8, 4) is 0 Å². The highest BCUT2D eigenvalue weighted by atomic mass is 35.5. The first-order chi connectivity index (χ1) is 19.5. The second-order valence-corrected chi connectivity index (χ2v) is 12.6. The third kappa shape index (κ3) is 9.07. The number of anilines is 1. The highest BCUT2D eigenvalue weighted by Crippen LogP contribution is 2.28. The number of nitrogens with one attached hydrogen (secondary N) is 1. The molecule has 0 spiro atoms. The Morgan fingerprint density at radius 2 is 1.63 bits per heavy atom. The first-order valence-electron chi connectivity index (χ1n) is 13.9. The quantitative estimate of drug-likeness (QED) is 0.259. The van der Waals surface area contributed by atoms with Gasteiger partial charge in [-0.1, -0.05) is 79.2 Å². The van der Waals surface area contributed by atoms with Crippen molar-refractivity contribution in [2.75, 3.05) is 23.7 Å². The minimum atomic E-state index is -3.62. The van der Waals surface area contributed by atoms with E-state index < -0.39 is 16.1 Å². The molecule has 1 unspecified atom stereocenters. The van der Waals surface area contributed by atoms with Gasteiger partial charge in [0.1, 0.15) is 6.04 Å². The molecule has 2 amide bonds. The normalized spacial score (nSPS) is 12.0. The zero-order chi connectivity index (χ0) is 30.0. The molecule has 0 aliphatic carbocycles. The lowest BCUT2D eigenvalue weighted by atomic mass is 10.0. The van der Waals surface area contributed by atoms with Crippen molar-refractivity contribution in [2.45, 2.75) is 59.0 Å². The lowest BCUT2D eigenvalue weighted by molar-refractivity contribution is -0.141. The van der Waals surface area contributed by atoms with Gasteiger partial charge in [-0.3, -0.25) is 13.9 Å². The Morgan fingerprint density at radius 1 is 0.951 bits per heavy atom. The Bertz CT molecular complexity index is 1430. The van der Waals surface area contributed by atoms with Gasteiger partial charge in [0.15, 0.2) is 0 Å². The second kappa shape index (κ2) is 15.0. The lowest BCUT2D eigenvalue weighted by Crippen LogP contribution is -2.50. The number of hydrogen-bond donors (Lipinski definition) is 1. The fourth-order valence-electron chi connectivity index (χ4n) is 4.74. The van der Waals surface area contributed by atoms with Crippen molar-refractivity contribution in [1.29, 1.82) is 0 Å². The summed E-state index contributed by atoms with van der Waals surface area (Å²) < 4.78 is 26.7. The maximum Gasteiger partial charge on any atom is 0.243 e. The SMILES string of the molecule is CCCNC(=O)C(Cc1ccccc1)N(Cc1ccccc1C)C(=O)CCCN(c1cccc(Cl)c1C)S(C)(=O)=O. The molecule has 0 heterocycles. The number of benzene rings is 3. The number of carbonyl (C=O) groups is 2. The van der Waals surface area contributed by atoms with Crippen LogP contribution in [0.15, 0.2) is 72.8 Å². The Hall–Kier alpha value is -3.36. The molecule has 0 bridgehead atoms. The molecule has 0 aromatic heterocycles. The van der Waals surface area contributed by atoms with Crippen LogP contribution >= 0.6 is 11.6 Å². The van der Waals surface area contributed by atoms with E-state index in [-0.39, 0.29) is 37.7 Å². The summed E-state index contributed by atoms with van der Waals surface area (Å²) in [6.45, 7) is 6.63. The van der Waals surface area contributed by atoms with Gasteiger partial charge in [-0.25, -0.2) is 8.42 Å². The third-order valence-corrected chi connectivity index (χ3v) is 8.67. The summed E-state index contributed by atoms with van der Waals surface area (Å²) in [6, 6.07) is 21.9. The molecule has 0 radical (unpaired) electrons. The van der Waals surface area contributed by atoms with E-state index in [1.54, 1.807) is 30.0 Å². The smallest absolute Gasteiger partial charge is 0.243 e. The van der Waals surface area contributed by atoms with Crippen molar-refractivity contribution in [3.05, 3.63) is 100 Å². The average Bonchev–Trinajstić information content (AvgIpc) is 2.94. The molecule has 3 aromatic carbocycles. The molecular weight excluding hydrogens is 558 g/mol. The minimum absolute atomic E-state index is 0.0733. The van der Waals surface area contributed by atoms with E-state index in [4.69, 9.17) is 11.6 Å². The number of carbonyl (C=O) groups excluding carboxylic acids is 2. The molecule has 0 saturated carbocycles. The fraction of sp³-hybridized carbons (Fsp3) is 0.375. The third-order valence-electron chi connectivity index (χ3n) is 7.08. The van der Waals surface area contributed by atoms with Gasteiger partial charge in [0.05, 0.1) is 11.9 Å². The van der Waals surface area contributed by atoms with E-state index in [1.807, 2.05) is 68.4 Å². The lowest BCUT2D eigenvalue weighted by Gasteiger charge is -2.32. The molecule has 0 aliphatic rings. The van der Waals surface area contributed by atoms with Crippen LogP contribution in [0.1, 0.15) is 48.4 Å². The van der Waals surface area contributed by atoms with Crippen LogP contribution in [-0.2, 0) is 32.6 Å². The van der Waals surface area contributed by atoms with Crippen molar-refractivity contribution in [2.24, 2.45) is 0 Å². The Balaban J connectivity index is 1.90. The van der Waals surface area contributed by atoms with Gasteiger partial charge in [-0.05, 0) is 61.1 Å². The summed E-state index contributed by atoms with van der Waals surface area (Å²) in [4.78, 5) is 29.1. The van der Waals surface area contributed by atoms with Crippen molar-refractivity contribution >= 4 is 39.1 Å². The number of rotatable bonds is 14. The van der Waals surface area contributed by atoms with Crippen LogP contribution < -0.4 is 9.62 Å². The molecule has 0 fully saturated rings. The largest absolute Gasteiger partial charge is 0.354 e. The van der Waals surface area contributed by atoms with Gasteiger partial charge in [0, 0.05) is 37.5 Å². The Morgan fingerprint density at radius 3 is 2.29 bits per heavy atom. The number of sulfonamides is 1. The molecule has 0 aliphatic heterocycles. The Labute approximate surface area is 249 Å². The molecule has 9 heteroatoms. The zero-order valence-electron chi connectivity index (χ0n) is 24.3. The topological polar surface area (TPSA) is 86.8 Å². The molecule has 7 nitrogen and oxygen atoms in total. The minimum Gasteiger partial charge on any atom is -0.354 e. The van der Waals surface area contributed by atoms with Crippen LogP contribution in [-0.4, -0.2) is 50.5 Å². The standard InChI is InChI=1S/C32H40ClN3O4S/c1-5-20-34-32(38)30(22-26-14-7-6-8-15-26)35(23-27-16-10-9-13-24(27)2)31(37)19-12-21-36(41(4,39)40)29-18-11-17-28(33)25(29)3/h6-11,13-18,30H,5,12,19-23H2,1-4H3,(H,34,38). The monoisotopic (exact) mass is 597 g/mol. The predicted molar refractivity (Wildman–Crippen MR) is 167 cm³/mol. The van der Waals surface area contributed by atoms with E-state index in [1.165, 1.54) is 4.31 Å². The van der Waals surface area contributed by atoms with Crippen LogP contribution in [0.5, 0.6) is 0 Å². The molecule has 220 valence electrons. The van der Waals surface area contributed by atoms with Crippen LogP contribution in [0.3, 0.4) is 0 Å². The summed E-state index contributed by atoms with van der Waals surface area (Å²) in [5, 5.41) is 3.45. The summed E-state index contributed by atoms with van der Waals surface area (Å²) in [5.74, 6) is -0.415. The zero-order valence-corrected chi connectivity index (χ0v) is 25.8. The molecular formula is C32H40ClN3O4S. The number of aryl methyl sites for hydroxylation is 1. The van der Waals surface area contributed by atoms with Gasteiger partial charge in [-0.2, -0.15) is 0 Å². The summed E-state index contributed by atoms with van der Waals surface area (Å²) in [5.41, 5.74) is 4.08. The van der Waals surface area contributed by atoms with Gasteiger partial charge in [0.25, 0.3) is 0 Å². The average molecular weight is 598 g/mol. The summed E-state index contributed by atoms with van der Waals surface area (Å²) in [7, 11) is -3.62. The van der Waals surface area contributed by atoms with Crippen LogP contribution in [0.25, 0.3) is 0 Å². The van der Waals surface area contributed by atoms with Crippen LogP contribution in [0, 0.1) is 13.8 Å². The van der Waals surface area contributed by atoms with Gasteiger partial charge in [-0.15, -0.1) is 0 Å². The highest BCUT2D eigenvalue weighted by Gasteiger charge is 2.30. The Kier molecular flexibility index (Phi) is 11.8. The molecule has 41 heavy (non-hydrogen) atoms.